The van der Waals surface area contributed by atoms with Gasteiger partial charge in [-0.05, 0) is 47.4 Å². The van der Waals surface area contributed by atoms with Crippen molar-refractivity contribution in [2.24, 2.45) is 0 Å². The van der Waals surface area contributed by atoms with Crippen molar-refractivity contribution in [3.8, 4) is 0 Å². The average molecular weight is 387 g/mol. The highest BCUT2D eigenvalue weighted by molar-refractivity contribution is 5.92. The molecular formula is C24H18FNO3. The Hall–Kier alpha value is -3.73. The first-order valence-corrected chi connectivity index (χ1v) is 9.19. The molecule has 0 aliphatic rings. The maximum absolute atomic E-state index is 13.0. The van der Waals surface area contributed by atoms with E-state index in [1.807, 2.05) is 36.4 Å². The molecule has 0 fully saturated rings. The number of fused-ring (bicyclic) bond motifs is 1. The van der Waals surface area contributed by atoms with Crippen molar-refractivity contribution >= 4 is 16.9 Å². The summed E-state index contributed by atoms with van der Waals surface area (Å²) in [7, 11) is 0. The Bertz CT molecular complexity index is 1240. The molecule has 1 heterocycles. The van der Waals surface area contributed by atoms with Gasteiger partial charge in [0.1, 0.15) is 11.4 Å². The minimum atomic E-state index is -1.23. The lowest BCUT2D eigenvalue weighted by molar-refractivity contribution is 0.0695. The molecule has 0 radical (unpaired) electrons. The second kappa shape index (κ2) is 7.72. The average Bonchev–Trinajstić information content (AvgIpc) is 2.73. The van der Waals surface area contributed by atoms with Crippen LogP contribution in [-0.2, 0) is 13.0 Å². The summed E-state index contributed by atoms with van der Waals surface area (Å²) in [5, 5.41) is 9.76. The highest BCUT2D eigenvalue weighted by atomic mass is 19.1. The smallest absolute Gasteiger partial charge is 0.341 e. The fourth-order valence-electron chi connectivity index (χ4n) is 3.43. The van der Waals surface area contributed by atoms with Crippen molar-refractivity contribution in [1.82, 2.24) is 4.57 Å². The summed E-state index contributed by atoms with van der Waals surface area (Å²) in [6, 6.07) is 21.4. The fourth-order valence-corrected chi connectivity index (χ4v) is 3.43. The van der Waals surface area contributed by atoms with Gasteiger partial charge in [0, 0.05) is 18.1 Å². The molecule has 0 aliphatic heterocycles. The molecule has 144 valence electrons. The summed E-state index contributed by atoms with van der Waals surface area (Å²) in [6.07, 6.45) is 2.10. The Morgan fingerprint density at radius 1 is 0.862 bits per heavy atom. The number of hydrogen-bond donors (Lipinski definition) is 1. The third kappa shape index (κ3) is 3.94. The van der Waals surface area contributed by atoms with E-state index in [1.54, 1.807) is 28.8 Å². The van der Waals surface area contributed by atoms with Crippen LogP contribution in [0, 0.1) is 5.82 Å². The van der Waals surface area contributed by atoms with Crippen molar-refractivity contribution < 1.29 is 14.3 Å². The number of aromatic carboxylic acids is 1. The van der Waals surface area contributed by atoms with Gasteiger partial charge in [-0.3, -0.25) is 4.79 Å². The zero-order chi connectivity index (χ0) is 20.4. The van der Waals surface area contributed by atoms with Crippen LogP contribution in [-0.4, -0.2) is 15.6 Å². The lowest BCUT2D eigenvalue weighted by Gasteiger charge is -2.13. The molecule has 0 atom stereocenters. The van der Waals surface area contributed by atoms with E-state index in [-0.39, 0.29) is 11.4 Å². The summed E-state index contributed by atoms with van der Waals surface area (Å²) in [6.45, 7) is 0.442. The van der Waals surface area contributed by atoms with Crippen LogP contribution in [0.3, 0.4) is 0 Å². The van der Waals surface area contributed by atoms with E-state index in [2.05, 4.69) is 0 Å². The normalized spacial score (nSPS) is 10.9. The standard InChI is InChI=1S/C24H18FNO3/c25-19-11-9-17(10-12-19)13-16-5-7-18(8-6-16)14-26-15-21(24(28)29)23(27)20-3-1-2-4-22(20)26/h1-12,15H,13-14H2,(H,28,29). The first-order valence-electron chi connectivity index (χ1n) is 9.19. The molecule has 1 aromatic heterocycles. The molecule has 4 rings (SSSR count). The quantitative estimate of drug-likeness (QED) is 0.549. The number of halogens is 1. The predicted octanol–water partition coefficient (Wildman–Crippen LogP) is 4.48. The third-order valence-corrected chi connectivity index (χ3v) is 4.92. The molecule has 0 saturated carbocycles. The van der Waals surface area contributed by atoms with Gasteiger partial charge < -0.3 is 9.67 Å². The van der Waals surface area contributed by atoms with E-state index in [9.17, 15) is 19.1 Å². The number of aromatic nitrogens is 1. The first kappa shape index (κ1) is 18.6. The zero-order valence-electron chi connectivity index (χ0n) is 15.5. The Balaban J connectivity index is 1.63. The van der Waals surface area contributed by atoms with E-state index in [1.165, 1.54) is 18.3 Å². The highest BCUT2D eigenvalue weighted by Crippen LogP contribution is 2.16. The van der Waals surface area contributed by atoms with Crippen LogP contribution in [0.25, 0.3) is 10.9 Å². The summed E-state index contributed by atoms with van der Waals surface area (Å²) in [5.41, 5.74) is 3.08. The van der Waals surface area contributed by atoms with Crippen LogP contribution in [0.5, 0.6) is 0 Å². The van der Waals surface area contributed by atoms with Gasteiger partial charge in [-0.1, -0.05) is 48.5 Å². The third-order valence-electron chi connectivity index (χ3n) is 4.92. The van der Waals surface area contributed by atoms with Gasteiger partial charge in [-0.25, -0.2) is 9.18 Å². The van der Waals surface area contributed by atoms with Crippen molar-refractivity contribution in [2.45, 2.75) is 13.0 Å². The molecule has 0 spiro atoms. The molecule has 0 bridgehead atoms. The monoisotopic (exact) mass is 387 g/mol. The van der Waals surface area contributed by atoms with Crippen molar-refractivity contribution in [1.29, 1.82) is 0 Å². The molecular weight excluding hydrogens is 369 g/mol. The van der Waals surface area contributed by atoms with E-state index >= 15 is 0 Å². The van der Waals surface area contributed by atoms with Gasteiger partial charge in [0.2, 0.25) is 5.43 Å². The molecule has 0 amide bonds. The van der Waals surface area contributed by atoms with Crippen LogP contribution < -0.4 is 5.43 Å². The van der Waals surface area contributed by atoms with Crippen molar-refractivity contribution in [2.75, 3.05) is 0 Å². The van der Waals surface area contributed by atoms with E-state index < -0.39 is 11.4 Å². The van der Waals surface area contributed by atoms with Crippen LogP contribution >= 0.6 is 0 Å². The van der Waals surface area contributed by atoms with E-state index in [0.717, 1.165) is 16.7 Å². The van der Waals surface area contributed by atoms with Gasteiger partial charge in [0.05, 0.1) is 5.52 Å². The number of carboxylic acid groups (broad SMARTS) is 1. The number of pyridine rings is 1. The van der Waals surface area contributed by atoms with Crippen molar-refractivity contribution in [3.05, 3.63) is 117 Å². The Morgan fingerprint density at radius 3 is 2.10 bits per heavy atom. The van der Waals surface area contributed by atoms with E-state index in [0.29, 0.717) is 23.9 Å². The molecule has 4 aromatic rings. The Morgan fingerprint density at radius 2 is 1.45 bits per heavy atom. The molecule has 5 heteroatoms. The van der Waals surface area contributed by atoms with Crippen LogP contribution in [0.2, 0.25) is 0 Å². The van der Waals surface area contributed by atoms with Gasteiger partial charge in [0.25, 0.3) is 0 Å². The molecule has 29 heavy (non-hydrogen) atoms. The van der Waals surface area contributed by atoms with Crippen molar-refractivity contribution in [3.63, 3.8) is 0 Å². The number of para-hydroxylation sites is 1. The maximum atomic E-state index is 13.0. The molecule has 0 aliphatic carbocycles. The summed E-state index contributed by atoms with van der Waals surface area (Å²) in [5.74, 6) is -1.48. The van der Waals surface area contributed by atoms with Gasteiger partial charge >= 0.3 is 5.97 Å². The highest BCUT2D eigenvalue weighted by Gasteiger charge is 2.14. The molecule has 1 N–H and O–H groups in total. The van der Waals surface area contributed by atoms with Gasteiger partial charge in [-0.2, -0.15) is 0 Å². The predicted molar refractivity (Wildman–Crippen MR) is 110 cm³/mol. The minimum absolute atomic E-state index is 0.239. The van der Waals surface area contributed by atoms with Crippen LogP contribution in [0.15, 0.2) is 83.8 Å². The van der Waals surface area contributed by atoms with Gasteiger partial charge in [-0.15, -0.1) is 0 Å². The largest absolute Gasteiger partial charge is 0.477 e. The fraction of sp³-hybridized carbons (Fsp3) is 0.0833. The SMILES string of the molecule is O=C(O)c1cn(Cc2ccc(Cc3ccc(F)cc3)cc2)c2ccccc2c1=O. The van der Waals surface area contributed by atoms with Gasteiger partial charge in [0.15, 0.2) is 0 Å². The Kier molecular flexibility index (Phi) is 4.96. The second-order valence-corrected chi connectivity index (χ2v) is 6.94. The van der Waals surface area contributed by atoms with Crippen LogP contribution in [0.1, 0.15) is 27.0 Å². The Labute approximate surface area is 166 Å². The number of hydrogen-bond acceptors (Lipinski definition) is 2. The molecule has 0 unspecified atom stereocenters. The zero-order valence-corrected chi connectivity index (χ0v) is 15.5. The lowest BCUT2D eigenvalue weighted by atomic mass is 10.0. The lowest BCUT2D eigenvalue weighted by Crippen LogP contribution is -2.19. The number of nitrogens with zero attached hydrogens (tertiary/aromatic N) is 1. The maximum Gasteiger partial charge on any atom is 0.341 e. The number of rotatable bonds is 5. The summed E-state index contributed by atoms with van der Waals surface area (Å²) in [4.78, 5) is 23.9. The minimum Gasteiger partial charge on any atom is -0.477 e. The summed E-state index contributed by atoms with van der Waals surface area (Å²) >= 11 is 0. The molecule has 4 nitrogen and oxygen atoms in total. The van der Waals surface area contributed by atoms with Crippen LogP contribution in [0.4, 0.5) is 4.39 Å². The first-order chi connectivity index (χ1) is 14.0. The second-order valence-electron chi connectivity index (χ2n) is 6.94. The summed E-state index contributed by atoms with van der Waals surface area (Å²) < 4.78 is 14.8. The molecule has 3 aromatic carbocycles. The topological polar surface area (TPSA) is 59.3 Å². The number of benzene rings is 3. The number of carboxylic acids is 1. The number of carbonyl (C=O) groups is 1. The molecule has 0 saturated heterocycles. The van der Waals surface area contributed by atoms with E-state index in [4.69, 9.17) is 0 Å².